The van der Waals surface area contributed by atoms with Gasteiger partial charge in [0.1, 0.15) is 6.10 Å². The summed E-state index contributed by atoms with van der Waals surface area (Å²) in [6.45, 7) is 5.18. The number of amides is 2. The zero-order chi connectivity index (χ0) is 20.4. The lowest BCUT2D eigenvalue weighted by molar-refractivity contribution is -0.146. The van der Waals surface area contributed by atoms with Crippen molar-refractivity contribution >= 4 is 34.3 Å². The number of nitrogens with zero attached hydrogens (tertiary/aromatic N) is 2. The molecule has 29 heavy (non-hydrogen) atoms. The Bertz CT molecular complexity index is 903. The Balaban J connectivity index is 1.53. The van der Waals surface area contributed by atoms with Crippen LogP contribution in [0.5, 0.6) is 0 Å². The van der Waals surface area contributed by atoms with Gasteiger partial charge >= 0.3 is 0 Å². The molecule has 1 aliphatic carbocycles. The highest BCUT2D eigenvalue weighted by molar-refractivity contribution is 6.35. The number of halogens is 1. The van der Waals surface area contributed by atoms with E-state index in [9.17, 15) is 9.59 Å². The van der Waals surface area contributed by atoms with Gasteiger partial charge in [-0.3, -0.25) is 9.59 Å². The smallest absolute Gasteiger partial charge is 0.253 e. The number of fused-ring (bicyclic) bond motifs is 1. The number of nitrogens with one attached hydrogen (secondary N) is 2. The van der Waals surface area contributed by atoms with Crippen LogP contribution < -0.4 is 10.6 Å². The third-order valence-electron chi connectivity index (χ3n) is 5.45. The van der Waals surface area contributed by atoms with Gasteiger partial charge in [-0.05, 0) is 24.5 Å². The molecule has 1 saturated carbocycles. The minimum absolute atomic E-state index is 0.0498. The molecule has 1 aliphatic heterocycles. The summed E-state index contributed by atoms with van der Waals surface area (Å²) in [5, 5.41) is 7.71. The van der Waals surface area contributed by atoms with Crippen LogP contribution in [0.4, 0.5) is 0 Å². The van der Waals surface area contributed by atoms with E-state index in [0.29, 0.717) is 43.9 Å². The summed E-state index contributed by atoms with van der Waals surface area (Å²) in [5.41, 5.74) is 2.08. The zero-order valence-electron chi connectivity index (χ0n) is 16.6. The Hall–Kier alpha value is -2.09. The van der Waals surface area contributed by atoms with Crippen molar-refractivity contribution in [3.63, 3.8) is 0 Å². The molecular weight excluding hydrogens is 392 g/mol. The molecule has 0 bridgehead atoms. The van der Waals surface area contributed by atoms with Gasteiger partial charge in [0.05, 0.1) is 11.6 Å². The molecule has 2 aromatic rings. The van der Waals surface area contributed by atoms with Crippen molar-refractivity contribution in [3.8, 4) is 0 Å². The van der Waals surface area contributed by atoms with Crippen LogP contribution in [-0.4, -0.2) is 59.7 Å². The summed E-state index contributed by atoms with van der Waals surface area (Å²) < 4.78 is 7.73. The van der Waals surface area contributed by atoms with Crippen molar-refractivity contribution in [2.24, 2.45) is 0 Å². The van der Waals surface area contributed by atoms with E-state index in [4.69, 9.17) is 16.3 Å². The molecule has 2 aliphatic rings. The predicted molar refractivity (Wildman–Crippen MR) is 112 cm³/mol. The van der Waals surface area contributed by atoms with Crippen LogP contribution in [0.2, 0.25) is 5.02 Å². The van der Waals surface area contributed by atoms with Crippen LogP contribution in [0.3, 0.4) is 0 Å². The number of ether oxygens (including phenoxy) is 1. The lowest BCUT2D eigenvalue weighted by Crippen LogP contribution is -2.49. The molecule has 0 radical (unpaired) electrons. The largest absolute Gasteiger partial charge is 0.366 e. The van der Waals surface area contributed by atoms with Crippen molar-refractivity contribution in [2.75, 3.05) is 26.2 Å². The fourth-order valence-corrected chi connectivity index (χ4v) is 4.08. The van der Waals surface area contributed by atoms with Crippen molar-refractivity contribution in [1.82, 2.24) is 20.1 Å². The van der Waals surface area contributed by atoms with Crippen LogP contribution >= 0.6 is 11.6 Å². The second-order valence-corrected chi connectivity index (χ2v) is 8.17. The minimum atomic E-state index is -0.399. The fourth-order valence-electron chi connectivity index (χ4n) is 3.81. The van der Waals surface area contributed by atoms with Crippen LogP contribution in [0.25, 0.3) is 10.9 Å². The Morgan fingerprint density at radius 2 is 2.21 bits per heavy atom. The highest BCUT2D eigenvalue weighted by Crippen LogP contribution is 2.31. The molecule has 2 N–H and O–H groups in total. The first-order valence-corrected chi connectivity index (χ1v) is 10.5. The first-order chi connectivity index (χ1) is 14.0. The maximum Gasteiger partial charge on any atom is 0.253 e. The molecule has 0 spiro atoms. The molecule has 2 fully saturated rings. The normalized spacial score (nSPS) is 19.3. The number of carbonyl (C=O) groups excluding carboxylic acids is 2. The molecule has 7 nitrogen and oxygen atoms in total. The molecule has 1 atom stereocenters. The summed E-state index contributed by atoms with van der Waals surface area (Å²) >= 11 is 6.39. The van der Waals surface area contributed by atoms with Gasteiger partial charge in [-0.15, -0.1) is 0 Å². The summed E-state index contributed by atoms with van der Waals surface area (Å²) in [7, 11) is 0. The number of aromatic nitrogens is 1. The first-order valence-electron chi connectivity index (χ1n) is 10.2. The Morgan fingerprint density at radius 3 is 2.90 bits per heavy atom. The van der Waals surface area contributed by atoms with E-state index in [1.54, 1.807) is 0 Å². The third-order valence-corrected chi connectivity index (χ3v) is 5.75. The third kappa shape index (κ3) is 4.74. The first kappa shape index (κ1) is 20.2. The van der Waals surface area contributed by atoms with Gasteiger partial charge in [0.25, 0.3) is 5.91 Å². The molecule has 2 heterocycles. The average molecular weight is 419 g/mol. The van der Waals surface area contributed by atoms with Crippen molar-refractivity contribution in [2.45, 2.75) is 45.0 Å². The SMILES string of the molecule is CC(=O)NCCn1cc(Cl)c2ccc(CN(C(=O)[C@H]3CNCCO3)C3CC3)cc21. The highest BCUT2D eigenvalue weighted by atomic mass is 35.5. The summed E-state index contributed by atoms with van der Waals surface area (Å²) in [5.74, 6) is 0.0186. The second kappa shape index (κ2) is 8.73. The number of hydrogen-bond donors (Lipinski definition) is 2. The Morgan fingerprint density at radius 1 is 1.38 bits per heavy atom. The fraction of sp³-hybridized carbons (Fsp3) is 0.524. The number of hydrogen-bond acceptors (Lipinski definition) is 4. The quantitative estimate of drug-likeness (QED) is 0.720. The van der Waals surface area contributed by atoms with Gasteiger partial charge in [-0.2, -0.15) is 0 Å². The van der Waals surface area contributed by atoms with Crippen LogP contribution in [0, 0.1) is 0 Å². The summed E-state index contributed by atoms with van der Waals surface area (Å²) in [6.07, 6.45) is 3.59. The predicted octanol–water partition coefficient (Wildman–Crippen LogP) is 1.91. The molecule has 1 aromatic heterocycles. The zero-order valence-corrected chi connectivity index (χ0v) is 17.4. The molecule has 1 aromatic carbocycles. The van der Waals surface area contributed by atoms with Crippen LogP contribution in [0.1, 0.15) is 25.3 Å². The highest BCUT2D eigenvalue weighted by Gasteiger charge is 2.36. The Labute approximate surface area is 175 Å². The number of carbonyl (C=O) groups is 2. The van der Waals surface area contributed by atoms with Gasteiger partial charge in [-0.1, -0.05) is 23.7 Å². The van der Waals surface area contributed by atoms with E-state index >= 15 is 0 Å². The van der Waals surface area contributed by atoms with Crippen molar-refractivity contribution < 1.29 is 14.3 Å². The maximum atomic E-state index is 13.0. The van der Waals surface area contributed by atoms with Crippen LogP contribution in [0.15, 0.2) is 24.4 Å². The summed E-state index contributed by atoms with van der Waals surface area (Å²) in [4.78, 5) is 26.1. The van der Waals surface area contributed by atoms with Gasteiger partial charge < -0.3 is 24.8 Å². The van der Waals surface area contributed by atoms with Gasteiger partial charge in [-0.25, -0.2) is 0 Å². The lowest BCUT2D eigenvalue weighted by Gasteiger charge is -2.30. The standard InChI is InChI=1S/C21H27ClN4O3/c1-14(27)24-6-8-25-13-18(22)17-5-2-15(10-19(17)25)12-26(16-3-4-16)21(28)20-11-23-7-9-29-20/h2,5,10,13,16,20,23H,3-4,6-9,11-12H2,1H3,(H,24,27)/t20-/m1/s1. The van der Waals surface area contributed by atoms with E-state index in [-0.39, 0.29) is 11.8 Å². The van der Waals surface area contributed by atoms with Crippen molar-refractivity contribution in [3.05, 3.63) is 35.0 Å². The van der Waals surface area contributed by atoms with Gasteiger partial charge in [0.2, 0.25) is 5.91 Å². The number of benzene rings is 1. The second-order valence-electron chi connectivity index (χ2n) is 7.77. The number of rotatable bonds is 7. The molecule has 1 saturated heterocycles. The van der Waals surface area contributed by atoms with Crippen LogP contribution in [-0.2, 0) is 27.4 Å². The minimum Gasteiger partial charge on any atom is -0.366 e. The lowest BCUT2D eigenvalue weighted by atomic mass is 10.1. The monoisotopic (exact) mass is 418 g/mol. The summed E-state index contributed by atoms with van der Waals surface area (Å²) in [6, 6.07) is 6.45. The van der Waals surface area contributed by atoms with E-state index in [2.05, 4.69) is 21.3 Å². The van der Waals surface area contributed by atoms with Gasteiger partial charge in [0, 0.05) is 62.8 Å². The molecule has 2 amide bonds. The average Bonchev–Trinajstić information content (AvgIpc) is 3.51. The van der Waals surface area contributed by atoms with E-state index in [0.717, 1.165) is 35.9 Å². The van der Waals surface area contributed by atoms with Crippen molar-refractivity contribution in [1.29, 1.82) is 0 Å². The molecule has 8 heteroatoms. The molecule has 156 valence electrons. The topological polar surface area (TPSA) is 75.6 Å². The Kier molecular flexibility index (Phi) is 6.08. The number of morpholine rings is 1. The van der Waals surface area contributed by atoms with Gasteiger partial charge in [0.15, 0.2) is 0 Å². The van der Waals surface area contributed by atoms with E-state index in [1.165, 1.54) is 6.92 Å². The van der Waals surface area contributed by atoms with E-state index < -0.39 is 6.10 Å². The van der Waals surface area contributed by atoms with E-state index in [1.807, 2.05) is 23.2 Å². The maximum absolute atomic E-state index is 13.0. The molecule has 4 rings (SSSR count). The molecular formula is C21H27ClN4O3. The molecule has 0 unspecified atom stereocenters.